The van der Waals surface area contributed by atoms with Crippen LogP contribution in [0.15, 0.2) is 11.5 Å². The molecule has 1 aliphatic heterocycles. The number of nitrogens with zero attached hydrogens (tertiary/aromatic N) is 1. The Bertz CT molecular complexity index is 733. The quantitative estimate of drug-likeness (QED) is 0.264. The Morgan fingerprint density at radius 3 is 1.39 bits per heavy atom. The summed E-state index contributed by atoms with van der Waals surface area (Å²) in [5.74, 6) is -35.7. The average molecular weight is 457 g/mol. The van der Waals surface area contributed by atoms with Crippen LogP contribution in [0, 0.1) is 0 Å². The van der Waals surface area contributed by atoms with Gasteiger partial charge < -0.3 is 0 Å². The van der Waals surface area contributed by atoms with Gasteiger partial charge in [-0.15, -0.1) is 5.12 Å². The lowest BCUT2D eigenvalue weighted by atomic mass is 9.65. The Morgan fingerprint density at radius 2 is 1.04 bits per heavy atom. The Hall–Kier alpha value is -1.65. The number of alkyl halides is 15. The fourth-order valence-corrected chi connectivity index (χ4v) is 2.66. The zero-order valence-electron chi connectivity index (χ0n) is 11.9. The summed E-state index contributed by atoms with van der Waals surface area (Å²) in [7, 11) is 0. The summed E-state index contributed by atoms with van der Waals surface area (Å²) in [6, 6.07) is -7.43. The molecule has 0 aromatic heterocycles. The molecule has 0 aromatic carbocycles. The number of rotatable bonds is 0. The van der Waals surface area contributed by atoms with Gasteiger partial charge in [0, 0.05) is 0 Å². The first kappa shape index (κ1) is 22.6. The number of fused-ring (bicyclic) bond motifs is 1. The summed E-state index contributed by atoms with van der Waals surface area (Å²) >= 11 is 0. The first-order chi connectivity index (χ1) is 11.9. The zero-order valence-corrected chi connectivity index (χ0v) is 11.9. The van der Waals surface area contributed by atoms with E-state index in [-0.39, 0.29) is 0 Å². The molecule has 2 aliphatic rings. The van der Waals surface area contributed by atoms with Crippen molar-refractivity contribution in [3.8, 4) is 0 Å². The van der Waals surface area contributed by atoms with E-state index >= 15 is 0 Å². The van der Waals surface area contributed by atoms with Crippen molar-refractivity contribution in [2.45, 2.75) is 47.3 Å². The van der Waals surface area contributed by atoms with E-state index in [9.17, 15) is 74.7 Å². The average Bonchev–Trinajstić information content (AvgIpc) is 2.49. The van der Waals surface area contributed by atoms with Crippen LogP contribution in [0.4, 0.5) is 74.7 Å². The van der Waals surface area contributed by atoms with Gasteiger partial charge in [-0.2, -0.15) is 57.1 Å². The second-order valence-corrected chi connectivity index (χ2v) is 5.60. The summed E-state index contributed by atoms with van der Waals surface area (Å²) in [5, 5.41) is -3.69. The third kappa shape index (κ3) is 1.74. The number of hydrogen-bond acceptors (Lipinski definition) is 1. The molecule has 18 heteroatoms. The predicted molar refractivity (Wildman–Crippen MR) is 49.5 cm³/mol. The van der Waals surface area contributed by atoms with Gasteiger partial charge in [-0.25, -0.2) is 13.2 Å². The van der Waals surface area contributed by atoms with Crippen molar-refractivity contribution in [1.82, 2.24) is 5.12 Å². The molecular formula is C10F17N. The summed E-state index contributed by atoms with van der Waals surface area (Å²) in [5.41, 5.74) is -20.7. The Kier molecular flexibility index (Phi) is 3.97. The fraction of sp³-hybridized carbons (Fsp3) is 0.800. The van der Waals surface area contributed by atoms with Crippen LogP contribution >= 0.6 is 0 Å². The molecule has 1 aliphatic carbocycles. The fourth-order valence-electron chi connectivity index (χ4n) is 2.66. The maximum Gasteiger partial charge on any atom is 0.432 e. The molecule has 0 amide bonds. The molecule has 0 aromatic rings. The molecule has 164 valence electrons. The Labute approximate surface area is 140 Å². The summed E-state index contributed by atoms with van der Waals surface area (Å²) in [4.78, 5) is 0. The van der Waals surface area contributed by atoms with Crippen molar-refractivity contribution in [1.29, 1.82) is 0 Å². The molecule has 2 rings (SSSR count). The predicted octanol–water partition coefficient (Wildman–Crippen LogP) is 5.49. The van der Waals surface area contributed by atoms with Gasteiger partial charge in [0.25, 0.3) is 5.67 Å². The van der Waals surface area contributed by atoms with E-state index in [1.54, 1.807) is 0 Å². The standard InChI is InChI=1S/C10F17N/c11-1-2-3(12,6(16,17)7(18,19)4(1,13)14)5(15,9(22,23)24)8(20,21)10(25,26)28(2)27. The van der Waals surface area contributed by atoms with Gasteiger partial charge in [-0.05, 0) is 0 Å². The number of piperidine rings is 1. The van der Waals surface area contributed by atoms with Gasteiger partial charge in [0.2, 0.25) is 5.83 Å². The first-order valence-electron chi connectivity index (χ1n) is 6.14. The lowest BCUT2D eigenvalue weighted by Crippen LogP contribution is -2.87. The topological polar surface area (TPSA) is 3.24 Å². The lowest BCUT2D eigenvalue weighted by Gasteiger charge is -2.57. The van der Waals surface area contributed by atoms with E-state index in [4.69, 9.17) is 0 Å². The van der Waals surface area contributed by atoms with Gasteiger partial charge in [0.05, 0.1) is 0 Å². The third-order valence-corrected chi connectivity index (χ3v) is 4.15. The van der Waals surface area contributed by atoms with Crippen molar-refractivity contribution in [3.63, 3.8) is 0 Å². The molecule has 1 nitrogen and oxygen atoms in total. The lowest BCUT2D eigenvalue weighted by molar-refractivity contribution is -0.480. The molecular weight excluding hydrogens is 457 g/mol. The maximum absolute atomic E-state index is 14.5. The number of hydrogen-bond donors (Lipinski definition) is 0. The van der Waals surface area contributed by atoms with Crippen LogP contribution in [0.5, 0.6) is 0 Å². The SMILES string of the molecule is FC1=C2N(F)C(F)(F)C(F)(F)C(F)(C(F)(F)F)C2(F)C(F)(F)C(F)(F)C1(F)F. The molecule has 0 saturated carbocycles. The van der Waals surface area contributed by atoms with E-state index in [1.807, 2.05) is 0 Å². The van der Waals surface area contributed by atoms with Crippen molar-refractivity contribution >= 4 is 0 Å². The second kappa shape index (κ2) is 4.91. The highest BCUT2D eigenvalue weighted by atomic mass is 19.4. The minimum Gasteiger partial charge on any atom is -0.225 e. The van der Waals surface area contributed by atoms with E-state index in [0.29, 0.717) is 0 Å². The number of halogens is 17. The third-order valence-electron chi connectivity index (χ3n) is 4.15. The molecule has 0 bridgehead atoms. The molecule has 0 radical (unpaired) electrons. The Morgan fingerprint density at radius 1 is 0.643 bits per heavy atom. The first-order valence-corrected chi connectivity index (χ1v) is 6.14. The van der Waals surface area contributed by atoms with Gasteiger partial charge in [-0.3, -0.25) is 0 Å². The van der Waals surface area contributed by atoms with E-state index < -0.39 is 63.9 Å². The molecule has 2 unspecified atom stereocenters. The van der Waals surface area contributed by atoms with E-state index in [2.05, 4.69) is 0 Å². The summed E-state index contributed by atoms with van der Waals surface area (Å²) in [6.45, 7) is 0. The Balaban J connectivity index is 3.22. The molecule has 1 saturated heterocycles. The van der Waals surface area contributed by atoms with E-state index in [0.717, 1.165) is 0 Å². The van der Waals surface area contributed by atoms with Gasteiger partial charge >= 0.3 is 41.6 Å². The molecule has 28 heavy (non-hydrogen) atoms. The highest BCUT2D eigenvalue weighted by Gasteiger charge is 3.03. The summed E-state index contributed by atoms with van der Waals surface area (Å²) < 4.78 is 227. The van der Waals surface area contributed by atoms with Crippen molar-refractivity contribution in [2.24, 2.45) is 0 Å². The number of allylic oxidation sites excluding steroid dienone is 2. The summed E-state index contributed by atoms with van der Waals surface area (Å²) in [6.07, 6.45) is -8.01. The van der Waals surface area contributed by atoms with E-state index in [1.165, 1.54) is 0 Å². The minimum atomic E-state index is -8.20. The molecule has 0 spiro atoms. The van der Waals surface area contributed by atoms with Crippen LogP contribution < -0.4 is 0 Å². The van der Waals surface area contributed by atoms with Crippen molar-refractivity contribution < 1.29 is 74.7 Å². The van der Waals surface area contributed by atoms with Crippen LogP contribution in [0.25, 0.3) is 0 Å². The highest BCUT2D eigenvalue weighted by molar-refractivity contribution is 5.46. The van der Waals surface area contributed by atoms with Gasteiger partial charge in [-0.1, -0.05) is 4.48 Å². The smallest absolute Gasteiger partial charge is 0.225 e. The van der Waals surface area contributed by atoms with Crippen LogP contribution in [-0.2, 0) is 0 Å². The second-order valence-electron chi connectivity index (χ2n) is 5.60. The zero-order chi connectivity index (χ0) is 22.7. The van der Waals surface area contributed by atoms with Crippen LogP contribution in [-0.4, -0.2) is 52.4 Å². The largest absolute Gasteiger partial charge is 0.432 e. The van der Waals surface area contributed by atoms with Crippen molar-refractivity contribution in [3.05, 3.63) is 11.5 Å². The normalized spacial score (nSPS) is 38.2. The molecule has 1 fully saturated rings. The van der Waals surface area contributed by atoms with Crippen molar-refractivity contribution in [2.75, 3.05) is 0 Å². The monoisotopic (exact) mass is 457 g/mol. The van der Waals surface area contributed by atoms with Gasteiger partial charge in [0.15, 0.2) is 0 Å². The van der Waals surface area contributed by atoms with Gasteiger partial charge in [0.1, 0.15) is 5.70 Å². The molecule has 2 atom stereocenters. The minimum absolute atomic E-state index is 3.69. The molecule has 1 heterocycles. The highest BCUT2D eigenvalue weighted by Crippen LogP contribution is 2.74. The van der Waals surface area contributed by atoms with Crippen LogP contribution in [0.1, 0.15) is 0 Å². The maximum atomic E-state index is 14.5. The molecule has 0 N–H and O–H groups in total. The van der Waals surface area contributed by atoms with Crippen LogP contribution in [0.3, 0.4) is 0 Å². The van der Waals surface area contributed by atoms with Crippen LogP contribution in [0.2, 0.25) is 0 Å².